The van der Waals surface area contributed by atoms with Crippen LogP contribution in [0.1, 0.15) is 5.69 Å². The molecule has 1 aromatic carbocycles. The summed E-state index contributed by atoms with van der Waals surface area (Å²) in [5, 5.41) is 0. The highest BCUT2D eigenvalue weighted by atomic mass is 32.2. The van der Waals surface area contributed by atoms with E-state index in [-0.39, 0.29) is 5.75 Å². The maximum atomic E-state index is 11.8. The number of sulfonamides is 1. The molecular weight excluding hydrogens is 338 g/mol. The average molecular weight is 353 g/mol. The van der Waals surface area contributed by atoms with Gasteiger partial charge in [-0.15, -0.1) is 4.40 Å². The lowest BCUT2D eigenvalue weighted by atomic mass is 10.1. The van der Waals surface area contributed by atoms with Crippen LogP contribution in [0.2, 0.25) is 0 Å². The van der Waals surface area contributed by atoms with Gasteiger partial charge in [0.1, 0.15) is 11.5 Å². The van der Waals surface area contributed by atoms with E-state index in [1.54, 1.807) is 18.3 Å². The molecule has 0 unspecified atom stereocenters. The summed E-state index contributed by atoms with van der Waals surface area (Å²) in [6.45, 7) is 0.393. The predicted molar refractivity (Wildman–Crippen MR) is 95.8 cm³/mol. The number of hydrogen-bond donors (Lipinski definition) is 0. The first-order chi connectivity index (χ1) is 12.1. The van der Waals surface area contributed by atoms with Crippen LogP contribution in [0.5, 0.6) is 11.5 Å². The number of amidine groups is 1. The Hall–Kier alpha value is -2.93. The molecule has 126 valence electrons. The van der Waals surface area contributed by atoms with E-state index in [4.69, 9.17) is 4.74 Å². The van der Waals surface area contributed by atoms with Crippen molar-refractivity contribution in [1.29, 1.82) is 0 Å². The van der Waals surface area contributed by atoms with E-state index >= 15 is 0 Å². The van der Waals surface area contributed by atoms with E-state index in [1.807, 2.05) is 53.6 Å². The Morgan fingerprint density at radius 1 is 1.04 bits per heavy atom. The molecule has 3 heterocycles. The van der Waals surface area contributed by atoms with Crippen LogP contribution in [0, 0.1) is 0 Å². The Morgan fingerprint density at radius 2 is 1.88 bits per heavy atom. The second kappa shape index (κ2) is 6.18. The number of hydrogen-bond acceptors (Lipinski definition) is 5. The van der Waals surface area contributed by atoms with E-state index < -0.39 is 10.0 Å². The van der Waals surface area contributed by atoms with Gasteiger partial charge in [0, 0.05) is 18.3 Å². The van der Waals surface area contributed by atoms with Gasteiger partial charge in [-0.3, -0.25) is 4.98 Å². The number of pyridine rings is 1. The third kappa shape index (κ3) is 3.32. The Bertz CT molecular complexity index is 978. The predicted octanol–water partition coefficient (Wildman–Crippen LogP) is 2.83. The summed E-state index contributed by atoms with van der Waals surface area (Å²) in [5.74, 6) is 1.77. The van der Waals surface area contributed by atoms with Gasteiger partial charge in [-0.05, 0) is 36.4 Å². The topological polar surface area (TPSA) is 71.9 Å². The molecule has 0 atom stereocenters. The second-order valence-electron chi connectivity index (χ2n) is 5.61. The summed E-state index contributed by atoms with van der Waals surface area (Å²) in [4.78, 5) is 6.23. The van der Waals surface area contributed by atoms with E-state index in [2.05, 4.69) is 9.38 Å². The molecule has 25 heavy (non-hydrogen) atoms. The Balaban J connectivity index is 1.62. The summed E-state index contributed by atoms with van der Waals surface area (Å²) in [5.41, 5.74) is 1.32. The highest BCUT2D eigenvalue weighted by Crippen LogP contribution is 2.26. The summed E-state index contributed by atoms with van der Waals surface area (Å²) in [6.07, 6.45) is 7.12. The highest BCUT2D eigenvalue weighted by molar-refractivity contribution is 7.90. The number of rotatable bonds is 3. The Labute approximate surface area is 145 Å². The molecule has 0 saturated carbocycles. The summed E-state index contributed by atoms with van der Waals surface area (Å²) in [7, 11) is -3.42. The summed E-state index contributed by atoms with van der Waals surface area (Å²) < 4.78 is 33.3. The number of nitrogens with zero attached hydrogens (tertiary/aromatic N) is 3. The highest BCUT2D eigenvalue weighted by Gasteiger charge is 2.27. The third-order valence-electron chi connectivity index (χ3n) is 3.85. The van der Waals surface area contributed by atoms with Gasteiger partial charge < -0.3 is 9.64 Å². The first-order valence-electron chi connectivity index (χ1n) is 7.78. The minimum absolute atomic E-state index is 0.0192. The molecule has 0 aliphatic carbocycles. The molecule has 2 aromatic rings. The van der Waals surface area contributed by atoms with E-state index in [0.29, 0.717) is 29.4 Å². The third-order valence-corrected chi connectivity index (χ3v) is 5.00. The van der Waals surface area contributed by atoms with Crippen molar-refractivity contribution in [2.45, 2.75) is 0 Å². The quantitative estimate of drug-likeness (QED) is 0.848. The van der Waals surface area contributed by atoms with Gasteiger partial charge in [0.2, 0.25) is 0 Å². The van der Waals surface area contributed by atoms with Gasteiger partial charge in [0.05, 0.1) is 17.6 Å². The van der Waals surface area contributed by atoms with Gasteiger partial charge in [0.15, 0.2) is 5.84 Å². The fourth-order valence-electron chi connectivity index (χ4n) is 2.64. The zero-order chi connectivity index (χ0) is 17.3. The molecule has 0 bridgehead atoms. The average Bonchev–Trinajstić information content (AvgIpc) is 2.62. The molecule has 0 spiro atoms. The van der Waals surface area contributed by atoms with Crippen LogP contribution in [0.3, 0.4) is 0 Å². The first-order valence-corrected chi connectivity index (χ1v) is 9.39. The van der Waals surface area contributed by atoms with Crippen molar-refractivity contribution in [1.82, 2.24) is 9.88 Å². The van der Waals surface area contributed by atoms with Crippen molar-refractivity contribution in [2.75, 3.05) is 12.3 Å². The van der Waals surface area contributed by atoms with Crippen molar-refractivity contribution in [2.24, 2.45) is 4.40 Å². The molecule has 0 N–H and O–H groups in total. The molecule has 6 nitrogen and oxygen atoms in total. The second-order valence-corrected chi connectivity index (χ2v) is 7.37. The molecular formula is C18H15N3O3S. The van der Waals surface area contributed by atoms with Crippen LogP contribution in [0.4, 0.5) is 0 Å². The zero-order valence-electron chi connectivity index (χ0n) is 13.2. The van der Waals surface area contributed by atoms with E-state index in [1.165, 1.54) is 0 Å². The molecule has 4 rings (SSSR count). The van der Waals surface area contributed by atoms with E-state index in [0.717, 1.165) is 5.75 Å². The molecule has 2 aliphatic heterocycles. The SMILES string of the molecule is O=S1(=O)CCN2C=CC=C(c3ccc(Oc4ccccc4)cn3)C2=N1. The Morgan fingerprint density at radius 3 is 2.64 bits per heavy atom. The standard InChI is InChI=1S/C18H15N3O3S/c22-25(23)12-11-21-10-4-7-16(18(21)20-25)17-9-8-15(13-19-17)24-14-5-2-1-3-6-14/h1-10,13H,11-12H2. The van der Waals surface area contributed by atoms with Crippen LogP contribution in [0.25, 0.3) is 5.57 Å². The summed E-state index contributed by atoms with van der Waals surface area (Å²) in [6, 6.07) is 13.0. The monoisotopic (exact) mass is 353 g/mol. The minimum atomic E-state index is -3.42. The van der Waals surface area contributed by atoms with Gasteiger partial charge in [0.25, 0.3) is 10.0 Å². The number of ether oxygens (including phenoxy) is 1. The number of allylic oxidation sites excluding steroid dienone is 2. The fraction of sp³-hybridized carbons (Fsp3) is 0.111. The molecule has 7 heteroatoms. The van der Waals surface area contributed by atoms with Gasteiger partial charge in [-0.25, -0.2) is 8.42 Å². The smallest absolute Gasteiger partial charge is 0.256 e. The molecule has 0 saturated heterocycles. The first kappa shape index (κ1) is 15.6. The molecule has 1 aromatic heterocycles. The van der Waals surface area contributed by atoms with Gasteiger partial charge in [-0.1, -0.05) is 18.2 Å². The van der Waals surface area contributed by atoms with Crippen LogP contribution in [-0.4, -0.2) is 36.4 Å². The van der Waals surface area contributed by atoms with Gasteiger partial charge >= 0.3 is 0 Å². The maximum Gasteiger partial charge on any atom is 0.256 e. The molecule has 0 amide bonds. The van der Waals surface area contributed by atoms with Crippen molar-refractivity contribution >= 4 is 21.4 Å². The van der Waals surface area contributed by atoms with Crippen LogP contribution >= 0.6 is 0 Å². The van der Waals surface area contributed by atoms with Crippen molar-refractivity contribution in [3.63, 3.8) is 0 Å². The van der Waals surface area contributed by atoms with Crippen LogP contribution in [-0.2, 0) is 10.0 Å². The largest absolute Gasteiger partial charge is 0.456 e. The lowest BCUT2D eigenvalue weighted by molar-refractivity contribution is 0.480. The maximum absolute atomic E-state index is 11.8. The van der Waals surface area contributed by atoms with Crippen LogP contribution < -0.4 is 4.74 Å². The van der Waals surface area contributed by atoms with E-state index in [9.17, 15) is 8.42 Å². The summed E-state index contributed by atoms with van der Waals surface area (Å²) >= 11 is 0. The normalized spacial score (nSPS) is 18.2. The van der Waals surface area contributed by atoms with Gasteiger partial charge in [-0.2, -0.15) is 0 Å². The van der Waals surface area contributed by atoms with Crippen molar-refractivity contribution in [3.8, 4) is 11.5 Å². The van der Waals surface area contributed by atoms with Crippen molar-refractivity contribution in [3.05, 3.63) is 72.7 Å². The molecule has 0 fully saturated rings. The zero-order valence-corrected chi connectivity index (χ0v) is 14.1. The molecule has 0 radical (unpaired) electrons. The number of fused-ring (bicyclic) bond motifs is 1. The fourth-order valence-corrected chi connectivity index (χ4v) is 3.63. The number of para-hydroxylation sites is 1. The van der Waals surface area contributed by atoms with Crippen LogP contribution in [0.15, 0.2) is 71.4 Å². The van der Waals surface area contributed by atoms with Crippen molar-refractivity contribution < 1.29 is 13.2 Å². The lowest BCUT2D eigenvalue weighted by Crippen LogP contribution is -2.37. The minimum Gasteiger partial charge on any atom is -0.456 e. The lowest BCUT2D eigenvalue weighted by Gasteiger charge is -2.28. The molecule has 2 aliphatic rings. The Kier molecular flexibility index (Phi) is 3.85. The number of aromatic nitrogens is 1. The number of benzene rings is 1.